The zero-order valence-electron chi connectivity index (χ0n) is 9.94. The molecule has 0 saturated carbocycles. The number of anilines is 1. The topological polar surface area (TPSA) is 55.6 Å². The monoisotopic (exact) mass is 262 g/mol. The Morgan fingerprint density at radius 3 is 2.53 bits per heavy atom. The van der Waals surface area contributed by atoms with Crippen molar-refractivity contribution in [1.82, 2.24) is 0 Å². The van der Waals surface area contributed by atoms with Crippen LogP contribution in [-0.2, 0) is 4.79 Å². The maximum atomic E-state index is 13.4. The number of carbonyl (C=O) groups excluding carboxylic acids is 1. The number of benzene rings is 1. The number of rotatable bonds is 3. The average Bonchev–Trinajstić information content (AvgIpc) is 2.26. The SMILES string of the molecule is COc1ccc(N(C)C(=O)[C@H](C)N)cc1F.Cl. The molecule has 0 saturated heterocycles. The molecule has 17 heavy (non-hydrogen) atoms. The van der Waals surface area contributed by atoms with Crippen LogP contribution in [0.3, 0.4) is 0 Å². The molecule has 1 atom stereocenters. The van der Waals surface area contributed by atoms with Crippen molar-refractivity contribution in [3.63, 3.8) is 0 Å². The van der Waals surface area contributed by atoms with E-state index >= 15 is 0 Å². The van der Waals surface area contributed by atoms with E-state index in [-0.39, 0.29) is 24.1 Å². The highest BCUT2D eigenvalue weighted by molar-refractivity contribution is 5.96. The molecule has 0 aliphatic rings. The van der Waals surface area contributed by atoms with E-state index < -0.39 is 11.9 Å². The number of amides is 1. The van der Waals surface area contributed by atoms with E-state index in [9.17, 15) is 9.18 Å². The second-order valence-electron chi connectivity index (χ2n) is 3.50. The number of ether oxygens (including phenoxy) is 1. The van der Waals surface area contributed by atoms with Crippen LogP contribution in [0.25, 0.3) is 0 Å². The van der Waals surface area contributed by atoms with Crippen molar-refractivity contribution >= 4 is 24.0 Å². The van der Waals surface area contributed by atoms with Gasteiger partial charge in [-0.2, -0.15) is 0 Å². The van der Waals surface area contributed by atoms with Gasteiger partial charge in [0.15, 0.2) is 11.6 Å². The molecule has 0 aliphatic heterocycles. The first-order valence-electron chi connectivity index (χ1n) is 4.84. The van der Waals surface area contributed by atoms with Gasteiger partial charge in [-0.25, -0.2) is 4.39 Å². The Hall–Kier alpha value is -1.33. The maximum Gasteiger partial charge on any atom is 0.243 e. The van der Waals surface area contributed by atoms with Gasteiger partial charge < -0.3 is 15.4 Å². The number of methoxy groups -OCH3 is 1. The zero-order chi connectivity index (χ0) is 12.3. The van der Waals surface area contributed by atoms with Gasteiger partial charge in [0.05, 0.1) is 13.2 Å². The number of halogens is 2. The molecule has 1 aromatic carbocycles. The highest BCUT2D eigenvalue weighted by atomic mass is 35.5. The standard InChI is InChI=1S/C11H15FN2O2.ClH/c1-7(13)11(15)14(2)8-4-5-10(16-3)9(12)6-8;/h4-7H,13H2,1-3H3;1H/t7-;/m0./s1. The van der Waals surface area contributed by atoms with Crippen molar-refractivity contribution < 1.29 is 13.9 Å². The van der Waals surface area contributed by atoms with Crippen LogP contribution in [-0.4, -0.2) is 26.1 Å². The van der Waals surface area contributed by atoms with Gasteiger partial charge in [0.2, 0.25) is 5.91 Å². The van der Waals surface area contributed by atoms with E-state index in [4.69, 9.17) is 10.5 Å². The first-order chi connectivity index (χ1) is 7.47. The predicted octanol–water partition coefficient (Wildman–Crippen LogP) is 1.57. The summed E-state index contributed by atoms with van der Waals surface area (Å²) in [5, 5.41) is 0. The number of hydrogen-bond donors (Lipinski definition) is 1. The fourth-order valence-electron chi connectivity index (χ4n) is 1.30. The second kappa shape index (κ2) is 6.42. The predicted molar refractivity (Wildman–Crippen MR) is 67.3 cm³/mol. The van der Waals surface area contributed by atoms with E-state index in [2.05, 4.69) is 0 Å². The molecule has 2 N–H and O–H groups in total. The molecule has 0 aliphatic carbocycles. The summed E-state index contributed by atoms with van der Waals surface area (Å²) in [5.41, 5.74) is 5.90. The van der Waals surface area contributed by atoms with Gasteiger partial charge in [0.1, 0.15) is 0 Å². The summed E-state index contributed by atoms with van der Waals surface area (Å²) in [5.74, 6) is -0.640. The Bertz CT molecular complexity index is 399. The molecule has 0 bridgehead atoms. The molecule has 6 heteroatoms. The van der Waals surface area contributed by atoms with Gasteiger partial charge in [-0.1, -0.05) is 0 Å². The molecule has 4 nitrogen and oxygen atoms in total. The summed E-state index contributed by atoms with van der Waals surface area (Å²) in [4.78, 5) is 12.9. The molecule has 1 rings (SSSR count). The van der Waals surface area contributed by atoms with Gasteiger partial charge in [0.25, 0.3) is 0 Å². The van der Waals surface area contributed by atoms with Crippen molar-refractivity contribution in [3.05, 3.63) is 24.0 Å². The summed E-state index contributed by atoms with van der Waals surface area (Å²) in [6.45, 7) is 1.58. The molecule has 0 heterocycles. The van der Waals surface area contributed by atoms with Crippen LogP contribution in [0.2, 0.25) is 0 Å². The van der Waals surface area contributed by atoms with E-state index in [0.29, 0.717) is 5.69 Å². The van der Waals surface area contributed by atoms with Crippen molar-refractivity contribution in [2.75, 3.05) is 19.1 Å². The van der Waals surface area contributed by atoms with Crippen molar-refractivity contribution in [2.45, 2.75) is 13.0 Å². The van der Waals surface area contributed by atoms with Crippen LogP contribution >= 0.6 is 12.4 Å². The molecule has 0 radical (unpaired) electrons. The van der Waals surface area contributed by atoms with Crippen LogP contribution in [0.1, 0.15) is 6.92 Å². The number of likely N-dealkylation sites (N-methyl/N-ethyl adjacent to an activating group) is 1. The fourth-order valence-corrected chi connectivity index (χ4v) is 1.30. The van der Waals surface area contributed by atoms with Gasteiger partial charge in [-0.15, -0.1) is 12.4 Å². The highest BCUT2D eigenvalue weighted by Gasteiger charge is 2.16. The normalized spacial score (nSPS) is 11.4. The lowest BCUT2D eigenvalue weighted by atomic mass is 10.2. The Labute approximate surface area is 106 Å². The quantitative estimate of drug-likeness (QED) is 0.900. The minimum absolute atomic E-state index is 0. The first kappa shape index (κ1) is 15.7. The van der Waals surface area contributed by atoms with Gasteiger partial charge >= 0.3 is 0 Å². The number of hydrogen-bond acceptors (Lipinski definition) is 3. The molecule has 1 aromatic rings. The third-order valence-electron chi connectivity index (χ3n) is 2.24. The Morgan fingerprint density at radius 2 is 2.12 bits per heavy atom. The van der Waals surface area contributed by atoms with E-state index in [1.54, 1.807) is 20.0 Å². The lowest BCUT2D eigenvalue weighted by Gasteiger charge is -2.19. The molecule has 0 spiro atoms. The van der Waals surface area contributed by atoms with Crippen LogP contribution in [0, 0.1) is 5.82 Å². The average molecular weight is 263 g/mol. The zero-order valence-corrected chi connectivity index (χ0v) is 10.8. The van der Waals surface area contributed by atoms with Gasteiger partial charge in [-0.05, 0) is 19.1 Å². The lowest BCUT2D eigenvalue weighted by molar-refractivity contribution is -0.119. The molecule has 0 fully saturated rings. The lowest BCUT2D eigenvalue weighted by Crippen LogP contribution is -2.39. The summed E-state index contributed by atoms with van der Waals surface area (Å²) in [7, 11) is 2.93. The Kier molecular flexibility index (Phi) is 5.91. The number of nitrogens with two attached hydrogens (primary N) is 1. The molecular formula is C11H16ClFN2O2. The van der Waals surface area contributed by atoms with E-state index in [1.807, 2.05) is 0 Å². The molecule has 0 aromatic heterocycles. The second-order valence-corrected chi connectivity index (χ2v) is 3.50. The van der Waals surface area contributed by atoms with Crippen molar-refractivity contribution in [1.29, 1.82) is 0 Å². The summed E-state index contributed by atoms with van der Waals surface area (Å²) in [6, 6.07) is 3.69. The van der Waals surface area contributed by atoms with Crippen molar-refractivity contribution in [2.24, 2.45) is 5.73 Å². The van der Waals surface area contributed by atoms with Crippen LogP contribution in [0.4, 0.5) is 10.1 Å². The molecule has 96 valence electrons. The molecular weight excluding hydrogens is 247 g/mol. The van der Waals surface area contributed by atoms with E-state index in [1.165, 1.54) is 24.1 Å². The smallest absolute Gasteiger partial charge is 0.243 e. The number of nitrogens with zero attached hydrogens (tertiary/aromatic N) is 1. The number of carbonyl (C=O) groups is 1. The minimum atomic E-state index is -0.616. The third-order valence-corrected chi connectivity index (χ3v) is 2.24. The highest BCUT2D eigenvalue weighted by Crippen LogP contribution is 2.22. The Balaban J connectivity index is 0.00000256. The Morgan fingerprint density at radius 1 is 1.53 bits per heavy atom. The van der Waals surface area contributed by atoms with Crippen molar-refractivity contribution in [3.8, 4) is 5.75 Å². The molecule has 1 amide bonds. The van der Waals surface area contributed by atoms with Crippen LogP contribution < -0.4 is 15.4 Å². The largest absolute Gasteiger partial charge is 0.494 e. The third kappa shape index (κ3) is 3.57. The summed E-state index contributed by atoms with van der Waals surface area (Å²) < 4.78 is 18.2. The van der Waals surface area contributed by atoms with Gasteiger partial charge in [0, 0.05) is 18.8 Å². The minimum Gasteiger partial charge on any atom is -0.494 e. The fraction of sp³-hybridized carbons (Fsp3) is 0.364. The summed E-state index contributed by atoms with van der Waals surface area (Å²) >= 11 is 0. The van der Waals surface area contributed by atoms with Crippen LogP contribution in [0.5, 0.6) is 5.75 Å². The van der Waals surface area contributed by atoms with Gasteiger partial charge in [-0.3, -0.25) is 4.79 Å². The van der Waals surface area contributed by atoms with Crippen LogP contribution in [0.15, 0.2) is 18.2 Å². The van der Waals surface area contributed by atoms with E-state index in [0.717, 1.165) is 0 Å². The molecule has 0 unspecified atom stereocenters. The maximum absolute atomic E-state index is 13.4. The first-order valence-corrected chi connectivity index (χ1v) is 4.84. The summed E-state index contributed by atoms with van der Waals surface area (Å²) in [6.07, 6.45) is 0.